The van der Waals surface area contributed by atoms with Crippen LogP contribution in [0.25, 0.3) is 0 Å². The first-order valence-corrected chi connectivity index (χ1v) is 10.8. The third-order valence-electron chi connectivity index (χ3n) is 4.70. The fourth-order valence-corrected chi connectivity index (χ4v) is 3.00. The first-order chi connectivity index (χ1) is 13.1. The zero-order valence-corrected chi connectivity index (χ0v) is 17.3. The van der Waals surface area contributed by atoms with Gasteiger partial charge < -0.3 is 15.9 Å². The fraction of sp³-hybridized carbons (Fsp3) is 0.696. The van der Waals surface area contributed by atoms with Crippen molar-refractivity contribution in [3.8, 4) is 0 Å². The van der Waals surface area contributed by atoms with E-state index >= 15 is 0 Å². The molecule has 0 bridgehead atoms. The van der Waals surface area contributed by atoms with Crippen molar-refractivity contribution in [2.75, 3.05) is 12.3 Å². The number of benzene rings is 1. The van der Waals surface area contributed by atoms with Gasteiger partial charge in [-0.2, -0.15) is 0 Å². The average molecular weight is 380 g/mol. The quantitative estimate of drug-likeness (QED) is 0.242. The van der Waals surface area contributed by atoms with E-state index in [0.29, 0.717) is 12.3 Å². The molecular formula is C23H41NO3. The van der Waals surface area contributed by atoms with Crippen LogP contribution < -0.4 is 5.73 Å². The van der Waals surface area contributed by atoms with Crippen LogP contribution in [-0.4, -0.2) is 22.8 Å². The number of anilines is 1. The van der Waals surface area contributed by atoms with Gasteiger partial charge in [-0.1, -0.05) is 103 Å². The maximum Gasteiger partial charge on any atom is 0.337 e. The molecule has 0 amide bonds. The number of aliphatic hydroxyl groups excluding tert-OH is 1. The van der Waals surface area contributed by atoms with Gasteiger partial charge >= 0.3 is 5.97 Å². The van der Waals surface area contributed by atoms with E-state index in [1.54, 1.807) is 18.2 Å². The van der Waals surface area contributed by atoms with Gasteiger partial charge in [-0.3, -0.25) is 0 Å². The molecule has 0 saturated heterocycles. The summed E-state index contributed by atoms with van der Waals surface area (Å²) in [6, 6.07) is 6.36. The lowest BCUT2D eigenvalue weighted by Crippen LogP contribution is -2.00. The molecule has 4 nitrogen and oxygen atoms in total. The summed E-state index contributed by atoms with van der Waals surface area (Å²) in [4.78, 5) is 10.3. The standard InChI is InChI=1S/C16H34O.C7H7NO2/c1-2-3-4-5-6-7-8-9-10-11-12-13-14-15-16-17;8-6-4-2-1-3-5(6)7(9)10/h17H,2-16H2,1H3;1-4H,8H2,(H,9,10). The van der Waals surface area contributed by atoms with Gasteiger partial charge in [0.05, 0.1) is 5.56 Å². The smallest absolute Gasteiger partial charge is 0.337 e. The fourth-order valence-electron chi connectivity index (χ4n) is 3.00. The van der Waals surface area contributed by atoms with E-state index in [1.807, 2.05) is 0 Å². The minimum Gasteiger partial charge on any atom is -0.478 e. The Labute approximate surface area is 166 Å². The Morgan fingerprint density at radius 3 is 1.52 bits per heavy atom. The number of aliphatic hydroxyl groups is 1. The predicted octanol–water partition coefficient (Wildman–Crippen LogP) is 6.43. The summed E-state index contributed by atoms with van der Waals surface area (Å²) in [6.45, 7) is 2.65. The molecule has 0 fully saturated rings. The maximum atomic E-state index is 10.3. The molecule has 27 heavy (non-hydrogen) atoms. The van der Waals surface area contributed by atoms with Crippen LogP contribution in [0.3, 0.4) is 0 Å². The third-order valence-corrected chi connectivity index (χ3v) is 4.70. The summed E-state index contributed by atoms with van der Waals surface area (Å²) in [6.07, 6.45) is 19.2. The van der Waals surface area contributed by atoms with Gasteiger partial charge in [-0.15, -0.1) is 0 Å². The Balaban J connectivity index is 0.000000569. The van der Waals surface area contributed by atoms with Crippen LogP contribution in [0.1, 0.15) is 107 Å². The summed E-state index contributed by atoms with van der Waals surface area (Å²) < 4.78 is 0. The summed E-state index contributed by atoms with van der Waals surface area (Å²) >= 11 is 0. The largest absolute Gasteiger partial charge is 0.478 e. The van der Waals surface area contributed by atoms with E-state index in [4.69, 9.17) is 15.9 Å². The molecule has 1 aromatic carbocycles. The molecule has 0 aromatic heterocycles. The topological polar surface area (TPSA) is 83.5 Å². The molecular weight excluding hydrogens is 338 g/mol. The van der Waals surface area contributed by atoms with E-state index in [2.05, 4.69) is 6.92 Å². The second kappa shape index (κ2) is 19.2. The number of unbranched alkanes of at least 4 members (excludes halogenated alkanes) is 13. The highest BCUT2D eigenvalue weighted by atomic mass is 16.4. The van der Waals surface area contributed by atoms with Gasteiger partial charge in [0, 0.05) is 12.3 Å². The molecule has 4 heteroatoms. The molecule has 0 aliphatic carbocycles. The highest BCUT2D eigenvalue weighted by molar-refractivity contribution is 5.93. The second-order valence-electron chi connectivity index (χ2n) is 7.21. The zero-order chi connectivity index (χ0) is 20.2. The van der Waals surface area contributed by atoms with Crippen molar-refractivity contribution in [2.45, 2.75) is 96.8 Å². The van der Waals surface area contributed by atoms with Crippen molar-refractivity contribution in [1.29, 1.82) is 0 Å². The predicted molar refractivity (Wildman–Crippen MR) is 115 cm³/mol. The molecule has 0 spiro atoms. The zero-order valence-electron chi connectivity index (χ0n) is 17.3. The van der Waals surface area contributed by atoms with Crippen LogP contribution in [0.5, 0.6) is 0 Å². The molecule has 1 aromatic rings. The number of carboxylic acids is 1. The van der Waals surface area contributed by atoms with E-state index < -0.39 is 5.97 Å². The van der Waals surface area contributed by atoms with Gasteiger partial charge in [-0.05, 0) is 18.6 Å². The van der Waals surface area contributed by atoms with Gasteiger partial charge in [0.15, 0.2) is 0 Å². The van der Waals surface area contributed by atoms with Crippen molar-refractivity contribution in [2.24, 2.45) is 0 Å². The van der Waals surface area contributed by atoms with Crippen LogP contribution in [-0.2, 0) is 0 Å². The highest BCUT2D eigenvalue weighted by Gasteiger charge is 2.03. The normalized spacial score (nSPS) is 10.3. The summed E-state index contributed by atoms with van der Waals surface area (Å²) in [5.74, 6) is -0.988. The van der Waals surface area contributed by atoms with Gasteiger partial charge in [0.1, 0.15) is 0 Å². The number of rotatable bonds is 15. The van der Waals surface area contributed by atoms with E-state index in [-0.39, 0.29) is 5.56 Å². The Morgan fingerprint density at radius 2 is 1.19 bits per heavy atom. The molecule has 0 aliphatic rings. The van der Waals surface area contributed by atoms with E-state index in [0.717, 1.165) is 6.42 Å². The molecule has 0 radical (unpaired) electrons. The second-order valence-corrected chi connectivity index (χ2v) is 7.21. The number of nitrogen functional groups attached to an aromatic ring is 1. The molecule has 4 N–H and O–H groups in total. The first kappa shape index (κ1) is 25.4. The highest BCUT2D eigenvalue weighted by Crippen LogP contribution is 2.12. The number of aromatic carboxylic acids is 1. The van der Waals surface area contributed by atoms with Gasteiger partial charge in [-0.25, -0.2) is 4.79 Å². The van der Waals surface area contributed by atoms with E-state index in [9.17, 15) is 4.79 Å². The lowest BCUT2D eigenvalue weighted by molar-refractivity contribution is 0.0698. The van der Waals surface area contributed by atoms with Gasteiger partial charge in [0.2, 0.25) is 0 Å². The molecule has 0 heterocycles. The molecule has 0 saturated carbocycles. The molecule has 0 unspecified atom stereocenters. The minimum absolute atomic E-state index is 0.155. The number of carbonyl (C=O) groups is 1. The number of nitrogens with two attached hydrogens (primary N) is 1. The Hall–Kier alpha value is -1.55. The van der Waals surface area contributed by atoms with Crippen LogP contribution in [0, 0.1) is 0 Å². The lowest BCUT2D eigenvalue weighted by Gasteiger charge is -2.02. The molecule has 1 rings (SSSR count). The molecule has 156 valence electrons. The maximum absolute atomic E-state index is 10.3. The van der Waals surface area contributed by atoms with Gasteiger partial charge in [0.25, 0.3) is 0 Å². The Kier molecular flexibility index (Phi) is 18.1. The van der Waals surface area contributed by atoms with Crippen LogP contribution >= 0.6 is 0 Å². The number of hydrogen-bond acceptors (Lipinski definition) is 3. The number of carboxylic acid groups (broad SMARTS) is 1. The summed E-state index contributed by atoms with van der Waals surface area (Å²) in [5, 5.41) is 17.1. The minimum atomic E-state index is -0.988. The lowest BCUT2D eigenvalue weighted by atomic mass is 10.0. The van der Waals surface area contributed by atoms with Crippen molar-refractivity contribution in [3.63, 3.8) is 0 Å². The monoisotopic (exact) mass is 379 g/mol. The number of hydrogen-bond donors (Lipinski definition) is 3. The third kappa shape index (κ3) is 16.4. The van der Waals surface area contributed by atoms with E-state index in [1.165, 1.54) is 89.5 Å². The van der Waals surface area contributed by atoms with Crippen LogP contribution in [0.4, 0.5) is 5.69 Å². The van der Waals surface area contributed by atoms with Crippen LogP contribution in [0.15, 0.2) is 24.3 Å². The van der Waals surface area contributed by atoms with Crippen molar-refractivity contribution in [3.05, 3.63) is 29.8 Å². The van der Waals surface area contributed by atoms with Crippen molar-refractivity contribution in [1.82, 2.24) is 0 Å². The summed E-state index contributed by atoms with van der Waals surface area (Å²) in [5.41, 5.74) is 5.80. The van der Waals surface area contributed by atoms with Crippen molar-refractivity contribution >= 4 is 11.7 Å². The Morgan fingerprint density at radius 1 is 0.778 bits per heavy atom. The SMILES string of the molecule is CCCCCCCCCCCCCCCCO.Nc1ccccc1C(=O)O. The number of para-hydroxylation sites is 1. The first-order valence-electron chi connectivity index (χ1n) is 10.8. The Bertz CT molecular complexity index is 449. The average Bonchev–Trinajstić information content (AvgIpc) is 2.66. The summed E-state index contributed by atoms with van der Waals surface area (Å²) in [7, 11) is 0. The van der Waals surface area contributed by atoms with Crippen molar-refractivity contribution < 1.29 is 15.0 Å². The molecule has 0 atom stereocenters. The van der Waals surface area contributed by atoms with Crippen LogP contribution in [0.2, 0.25) is 0 Å². The molecule has 0 aliphatic heterocycles.